The van der Waals surface area contributed by atoms with Crippen molar-refractivity contribution < 1.29 is 9.31 Å². The largest absolute Gasteiger partial charge is 0.433 e. The third-order valence-electron chi connectivity index (χ3n) is 4.01. The number of hydrogen-bond acceptors (Lipinski definition) is 1. The van der Waals surface area contributed by atoms with Gasteiger partial charge in [0.1, 0.15) is 5.75 Å². The molecule has 2 aliphatic heterocycles. The van der Waals surface area contributed by atoms with Gasteiger partial charge < -0.3 is 4.74 Å². The molecule has 0 saturated heterocycles. The van der Waals surface area contributed by atoms with E-state index >= 15 is 0 Å². The second-order valence-corrected chi connectivity index (χ2v) is 5.34. The van der Waals surface area contributed by atoms with Crippen LogP contribution in [0.25, 0.3) is 0 Å². The fraction of sp³-hybridized carbons (Fsp3) is 0.235. The zero-order valence-electron chi connectivity index (χ0n) is 11.2. The third kappa shape index (κ3) is 1.46. The lowest BCUT2D eigenvalue weighted by Gasteiger charge is -2.20. The number of nitrogens with zero attached hydrogens (tertiary/aromatic N) is 1. The number of rotatable bonds is 0. The molecule has 0 radical (unpaired) electrons. The molecule has 0 fully saturated rings. The van der Waals surface area contributed by atoms with Crippen molar-refractivity contribution in [2.75, 3.05) is 0 Å². The van der Waals surface area contributed by atoms with Crippen molar-refractivity contribution in [1.82, 2.24) is 0 Å². The van der Waals surface area contributed by atoms with Gasteiger partial charge in [-0.3, -0.25) is 0 Å². The van der Waals surface area contributed by atoms with Gasteiger partial charge in [0, 0.05) is 18.6 Å². The maximum atomic E-state index is 6.06. The minimum atomic E-state index is 0.0638. The molecule has 2 nitrogen and oxygen atoms in total. The molecule has 2 heterocycles. The van der Waals surface area contributed by atoms with Crippen molar-refractivity contribution in [2.24, 2.45) is 0 Å². The monoisotopic (exact) mass is 250 g/mol. The van der Waals surface area contributed by atoms with Crippen LogP contribution in [0.5, 0.6) is 5.75 Å². The molecule has 1 unspecified atom stereocenters. The van der Waals surface area contributed by atoms with E-state index in [1.807, 2.05) is 0 Å². The Hall–Kier alpha value is -2.09. The molecule has 0 aliphatic carbocycles. The Balaban J connectivity index is 1.97. The molecule has 2 heteroatoms. The molecule has 94 valence electrons. The van der Waals surface area contributed by atoms with Crippen molar-refractivity contribution in [3.8, 4) is 5.75 Å². The van der Waals surface area contributed by atoms with Crippen LogP contribution in [0.2, 0.25) is 0 Å². The predicted molar refractivity (Wildman–Crippen MR) is 75.4 cm³/mol. The lowest BCUT2D eigenvalue weighted by molar-refractivity contribution is -0.524. The van der Waals surface area contributed by atoms with Crippen molar-refractivity contribution in [3.63, 3.8) is 0 Å². The molecule has 0 spiro atoms. The fourth-order valence-corrected chi connectivity index (χ4v) is 3.16. The molecule has 0 aromatic heterocycles. The summed E-state index contributed by atoms with van der Waals surface area (Å²) in [5.74, 6) is 1.01. The number of hydrogen-bond donors (Lipinski definition) is 0. The van der Waals surface area contributed by atoms with Crippen LogP contribution in [0.15, 0.2) is 42.5 Å². The van der Waals surface area contributed by atoms with Gasteiger partial charge in [-0.25, -0.2) is 0 Å². The first-order valence-electron chi connectivity index (χ1n) is 6.75. The van der Waals surface area contributed by atoms with Crippen LogP contribution in [0, 0.1) is 6.92 Å². The lowest BCUT2D eigenvalue weighted by Crippen LogP contribution is -2.33. The first-order valence-corrected chi connectivity index (χ1v) is 6.75. The van der Waals surface area contributed by atoms with Gasteiger partial charge in [-0.15, -0.1) is 0 Å². The minimum Gasteiger partial charge on any atom is -0.433 e. The summed E-state index contributed by atoms with van der Waals surface area (Å²) >= 11 is 0. The first-order chi connectivity index (χ1) is 9.24. The third-order valence-corrected chi connectivity index (χ3v) is 4.01. The van der Waals surface area contributed by atoms with E-state index in [-0.39, 0.29) is 6.23 Å². The van der Waals surface area contributed by atoms with Crippen LogP contribution in [0.4, 0.5) is 5.69 Å². The highest BCUT2D eigenvalue weighted by atomic mass is 16.5. The maximum absolute atomic E-state index is 6.06. The molecule has 0 amide bonds. The van der Waals surface area contributed by atoms with E-state index in [0.29, 0.717) is 0 Å². The number of ether oxygens (including phenoxy) is 1. The smallest absolute Gasteiger partial charge is 0.299 e. The molecule has 2 aliphatic rings. The SMILES string of the molecule is Cc1ccc2c(c1)C1=[N+](c3ccccc3C1)C(C)O2. The van der Waals surface area contributed by atoms with Gasteiger partial charge in [0.15, 0.2) is 0 Å². The quantitative estimate of drug-likeness (QED) is 0.652. The molecule has 4 rings (SSSR count). The van der Waals surface area contributed by atoms with Crippen molar-refractivity contribution in [3.05, 3.63) is 59.2 Å². The zero-order valence-corrected chi connectivity index (χ0v) is 11.2. The molecule has 1 atom stereocenters. The molecular formula is C17H16NO+. The van der Waals surface area contributed by atoms with E-state index in [2.05, 4.69) is 60.9 Å². The second kappa shape index (κ2) is 3.70. The van der Waals surface area contributed by atoms with Crippen LogP contribution in [0.3, 0.4) is 0 Å². The number of fused-ring (bicyclic) bond motifs is 4. The maximum Gasteiger partial charge on any atom is 0.299 e. The molecule has 0 N–H and O–H groups in total. The molecule has 19 heavy (non-hydrogen) atoms. The molecular weight excluding hydrogens is 234 g/mol. The van der Waals surface area contributed by atoms with Gasteiger partial charge in [-0.05, 0) is 19.1 Å². The fourth-order valence-electron chi connectivity index (χ4n) is 3.16. The molecule has 2 aromatic rings. The summed E-state index contributed by atoms with van der Waals surface area (Å²) in [6.07, 6.45) is 1.06. The Labute approximate surface area is 113 Å². The summed E-state index contributed by atoms with van der Waals surface area (Å²) in [6.45, 7) is 4.25. The minimum absolute atomic E-state index is 0.0638. The average molecular weight is 250 g/mol. The van der Waals surface area contributed by atoms with E-state index in [0.717, 1.165) is 12.2 Å². The standard InChI is InChI=1S/C17H16NO/c1-11-7-8-17-14(9-11)16-10-13-5-3-4-6-15(13)18(16)12(2)19-17/h3-9,12H,10H2,1-2H3/q+1. The number of aryl methyl sites for hydroxylation is 1. The van der Waals surface area contributed by atoms with Crippen molar-refractivity contribution in [2.45, 2.75) is 26.5 Å². The Kier molecular flexibility index (Phi) is 2.10. The lowest BCUT2D eigenvalue weighted by atomic mass is 10.0. The Morgan fingerprint density at radius 1 is 1.16 bits per heavy atom. The number of benzene rings is 2. The molecule has 2 aromatic carbocycles. The summed E-state index contributed by atoms with van der Waals surface area (Å²) < 4.78 is 8.39. The second-order valence-electron chi connectivity index (χ2n) is 5.34. The van der Waals surface area contributed by atoms with Gasteiger partial charge in [-0.2, -0.15) is 4.58 Å². The van der Waals surface area contributed by atoms with Gasteiger partial charge >= 0.3 is 0 Å². The normalized spacial score (nSPS) is 19.6. The highest BCUT2D eigenvalue weighted by Crippen LogP contribution is 2.36. The summed E-state index contributed by atoms with van der Waals surface area (Å²) in [7, 11) is 0. The van der Waals surface area contributed by atoms with Gasteiger partial charge in [0.05, 0.1) is 12.0 Å². The van der Waals surface area contributed by atoms with Gasteiger partial charge in [0.2, 0.25) is 11.4 Å². The van der Waals surface area contributed by atoms with Crippen molar-refractivity contribution in [1.29, 1.82) is 0 Å². The number of para-hydroxylation sites is 1. The van der Waals surface area contributed by atoms with E-state index in [1.54, 1.807) is 0 Å². The Morgan fingerprint density at radius 3 is 2.89 bits per heavy atom. The Bertz CT molecular complexity index is 715. The average Bonchev–Trinajstić information content (AvgIpc) is 2.80. The first kappa shape index (κ1) is 10.8. The summed E-state index contributed by atoms with van der Waals surface area (Å²) in [4.78, 5) is 0. The zero-order chi connectivity index (χ0) is 13.0. The highest BCUT2D eigenvalue weighted by molar-refractivity contribution is 6.04. The van der Waals surface area contributed by atoms with Gasteiger partial charge in [0.25, 0.3) is 6.23 Å². The van der Waals surface area contributed by atoms with Gasteiger partial charge in [-0.1, -0.05) is 29.8 Å². The van der Waals surface area contributed by atoms with Crippen LogP contribution < -0.4 is 4.74 Å². The Morgan fingerprint density at radius 2 is 2.00 bits per heavy atom. The van der Waals surface area contributed by atoms with Crippen molar-refractivity contribution >= 4 is 11.4 Å². The van der Waals surface area contributed by atoms with Crippen LogP contribution >= 0.6 is 0 Å². The topological polar surface area (TPSA) is 12.2 Å². The highest BCUT2D eigenvalue weighted by Gasteiger charge is 2.39. The molecule has 0 saturated carbocycles. The van der Waals surface area contributed by atoms with E-state index in [1.165, 1.54) is 28.1 Å². The summed E-state index contributed by atoms with van der Waals surface area (Å²) in [5.41, 5.74) is 6.58. The van der Waals surface area contributed by atoms with E-state index in [4.69, 9.17) is 4.74 Å². The van der Waals surface area contributed by atoms with Crippen LogP contribution in [-0.2, 0) is 6.42 Å². The molecule has 0 bridgehead atoms. The van der Waals surface area contributed by atoms with Crippen LogP contribution in [0.1, 0.15) is 23.6 Å². The van der Waals surface area contributed by atoms with E-state index in [9.17, 15) is 0 Å². The predicted octanol–water partition coefficient (Wildman–Crippen LogP) is 3.42. The van der Waals surface area contributed by atoms with Crippen LogP contribution in [-0.4, -0.2) is 16.5 Å². The summed E-state index contributed by atoms with van der Waals surface area (Å²) in [6, 6.07) is 15.0. The summed E-state index contributed by atoms with van der Waals surface area (Å²) in [5, 5.41) is 0. The van der Waals surface area contributed by atoms with E-state index < -0.39 is 0 Å².